The van der Waals surface area contributed by atoms with E-state index in [1.165, 1.54) is 12.0 Å². The largest absolute Gasteiger partial charge is 0.497 e. The molecule has 1 fully saturated rings. The maximum absolute atomic E-state index is 13.8. The minimum Gasteiger partial charge on any atom is -0.497 e. The van der Waals surface area contributed by atoms with E-state index >= 15 is 0 Å². The van der Waals surface area contributed by atoms with Crippen LogP contribution in [0.1, 0.15) is 51.0 Å². The summed E-state index contributed by atoms with van der Waals surface area (Å²) in [6.07, 6.45) is 6.58. The molecular formula is C27H36ClN3O5S. The van der Waals surface area contributed by atoms with Crippen LogP contribution >= 0.6 is 11.6 Å². The molecule has 0 radical (unpaired) electrons. The van der Waals surface area contributed by atoms with Crippen LogP contribution in [0.4, 0.5) is 5.69 Å². The molecule has 1 aliphatic carbocycles. The molecule has 0 saturated heterocycles. The molecule has 0 aliphatic heterocycles. The molecule has 2 aromatic carbocycles. The van der Waals surface area contributed by atoms with Gasteiger partial charge in [-0.1, -0.05) is 56.0 Å². The first-order valence-electron chi connectivity index (χ1n) is 12.6. The van der Waals surface area contributed by atoms with Gasteiger partial charge in [0.15, 0.2) is 0 Å². The number of nitrogens with zero attached hydrogens (tertiary/aromatic N) is 2. The Kier molecular flexibility index (Phi) is 10.2. The van der Waals surface area contributed by atoms with Crippen LogP contribution in [0.3, 0.4) is 0 Å². The second kappa shape index (κ2) is 13.1. The van der Waals surface area contributed by atoms with Gasteiger partial charge in [-0.2, -0.15) is 0 Å². The number of anilines is 1. The summed E-state index contributed by atoms with van der Waals surface area (Å²) in [6, 6.07) is 12.9. The van der Waals surface area contributed by atoms with Gasteiger partial charge in [0.1, 0.15) is 18.3 Å². The number of nitrogens with one attached hydrogen (secondary N) is 1. The minimum atomic E-state index is -3.81. The molecule has 0 unspecified atom stereocenters. The van der Waals surface area contributed by atoms with E-state index in [1.54, 1.807) is 48.5 Å². The molecular weight excluding hydrogens is 514 g/mol. The molecule has 2 amide bonds. The smallest absolute Gasteiger partial charge is 0.244 e. The number of carbonyl (C=O) groups excluding carboxylic acids is 2. The number of methoxy groups -OCH3 is 1. The van der Waals surface area contributed by atoms with Crippen molar-refractivity contribution < 1.29 is 22.7 Å². The Hall–Kier alpha value is -2.78. The molecule has 2 aromatic rings. The zero-order valence-corrected chi connectivity index (χ0v) is 23.2. The Labute approximate surface area is 225 Å². The van der Waals surface area contributed by atoms with Crippen molar-refractivity contribution in [1.82, 2.24) is 10.2 Å². The first-order valence-corrected chi connectivity index (χ1v) is 14.8. The summed E-state index contributed by atoms with van der Waals surface area (Å²) in [6.45, 7) is 1.54. The molecule has 1 aliphatic rings. The summed E-state index contributed by atoms with van der Waals surface area (Å²) in [7, 11) is -2.33. The number of rotatable bonds is 11. The molecule has 0 spiro atoms. The fraction of sp³-hybridized carbons (Fsp3) is 0.481. The summed E-state index contributed by atoms with van der Waals surface area (Å²) >= 11 is 6.04. The summed E-state index contributed by atoms with van der Waals surface area (Å²) in [5.74, 6) is -0.229. The number of hydrogen-bond donors (Lipinski definition) is 1. The second-order valence-electron chi connectivity index (χ2n) is 9.39. The van der Waals surface area contributed by atoms with Crippen LogP contribution < -0.4 is 14.4 Å². The van der Waals surface area contributed by atoms with E-state index in [2.05, 4.69) is 5.32 Å². The molecule has 202 valence electrons. The quantitative estimate of drug-likeness (QED) is 0.449. The predicted molar refractivity (Wildman–Crippen MR) is 146 cm³/mol. The summed E-state index contributed by atoms with van der Waals surface area (Å²) in [5, 5.41) is 3.69. The van der Waals surface area contributed by atoms with Crippen LogP contribution in [0.5, 0.6) is 5.75 Å². The number of halogens is 1. The van der Waals surface area contributed by atoms with Crippen LogP contribution in [-0.2, 0) is 26.2 Å². The average molecular weight is 550 g/mol. The van der Waals surface area contributed by atoms with Gasteiger partial charge in [0.25, 0.3) is 0 Å². The number of ether oxygens (including phenoxy) is 1. The third-order valence-corrected chi connectivity index (χ3v) is 8.02. The van der Waals surface area contributed by atoms with Crippen LogP contribution in [-0.4, -0.2) is 57.1 Å². The van der Waals surface area contributed by atoms with Gasteiger partial charge in [0.05, 0.1) is 19.1 Å². The summed E-state index contributed by atoms with van der Waals surface area (Å²) in [5.41, 5.74) is 1.09. The maximum atomic E-state index is 13.8. The zero-order valence-electron chi connectivity index (χ0n) is 21.7. The van der Waals surface area contributed by atoms with Crippen molar-refractivity contribution in [3.63, 3.8) is 0 Å². The summed E-state index contributed by atoms with van der Waals surface area (Å²) < 4.78 is 31.8. The van der Waals surface area contributed by atoms with Crippen LogP contribution in [0.2, 0.25) is 5.02 Å². The molecule has 37 heavy (non-hydrogen) atoms. The van der Waals surface area contributed by atoms with Crippen LogP contribution in [0.25, 0.3) is 0 Å². The lowest BCUT2D eigenvalue weighted by Crippen LogP contribution is -2.53. The third-order valence-electron chi connectivity index (χ3n) is 6.62. The minimum absolute atomic E-state index is 0.0899. The molecule has 0 heterocycles. The highest BCUT2D eigenvalue weighted by molar-refractivity contribution is 7.92. The molecule has 0 bridgehead atoms. The summed E-state index contributed by atoms with van der Waals surface area (Å²) in [4.78, 5) is 28.6. The average Bonchev–Trinajstić information content (AvgIpc) is 2.88. The zero-order chi connectivity index (χ0) is 27.0. The van der Waals surface area contributed by atoms with Crippen molar-refractivity contribution in [3.05, 3.63) is 59.1 Å². The Bertz CT molecular complexity index is 1170. The van der Waals surface area contributed by atoms with Crippen molar-refractivity contribution in [3.8, 4) is 5.75 Å². The van der Waals surface area contributed by atoms with E-state index in [0.29, 0.717) is 22.9 Å². The van der Waals surface area contributed by atoms with E-state index in [4.69, 9.17) is 16.3 Å². The van der Waals surface area contributed by atoms with Gasteiger partial charge in [-0.25, -0.2) is 8.42 Å². The third kappa shape index (κ3) is 8.10. The van der Waals surface area contributed by atoms with Crippen molar-refractivity contribution in [1.29, 1.82) is 0 Å². The number of carbonyl (C=O) groups is 2. The lowest BCUT2D eigenvalue weighted by atomic mass is 9.95. The topological polar surface area (TPSA) is 96.0 Å². The van der Waals surface area contributed by atoms with Crippen molar-refractivity contribution in [2.45, 2.75) is 64.1 Å². The second-order valence-corrected chi connectivity index (χ2v) is 11.7. The highest BCUT2D eigenvalue weighted by Crippen LogP contribution is 2.24. The first-order chi connectivity index (χ1) is 17.6. The highest BCUT2D eigenvalue weighted by Gasteiger charge is 2.32. The monoisotopic (exact) mass is 549 g/mol. The van der Waals surface area contributed by atoms with E-state index in [-0.39, 0.29) is 18.5 Å². The number of sulfonamides is 1. The molecule has 1 N–H and O–H groups in total. The van der Waals surface area contributed by atoms with E-state index in [0.717, 1.165) is 48.2 Å². The van der Waals surface area contributed by atoms with Crippen molar-refractivity contribution >= 4 is 39.1 Å². The standard InChI is InChI=1S/C27H36ClN3O5S/c1-4-25(27(33)29-22-9-6-5-7-10-22)30(18-20-13-15-21(28)16-14-20)26(32)19-31(37(3,34)35)23-11-8-12-24(17-23)36-2/h8,11-17,22,25H,4-7,9-10,18-19H2,1-3H3,(H,29,33)/t25-/m0/s1. The number of hydrogen-bond acceptors (Lipinski definition) is 5. The normalized spacial score (nSPS) is 15.0. The number of benzene rings is 2. The van der Waals surface area contributed by atoms with Gasteiger partial charge in [-0.05, 0) is 49.1 Å². The highest BCUT2D eigenvalue weighted by atomic mass is 35.5. The lowest BCUT2D eigenvalue weighted by Gasteiger charge is -2.34. The van der Waals surface area contributed by atoms with Gasteiger partial charge in [-0.15, -0.1) is 0 Å². The number of amides is 2. The predicted octanol–water partition coefficient (Wildman–Crippen LogP) is 4.37. The Morgan fingerprint density at radius 2 is 1.78 bits per heavy atom. The van der Waals surface area contributed by atoms with Crippen LogP contribution in [0, 0.1) is 0 Å². The van der Waals surface area contributed by atoms with Crippen LogP contribution in [0.15, 0.2) is 48.5 Å². The molecule has 3 rings (SSSR count). The molecule has 8 nitrogen and oxygen atoms in total. The molecule has 10 heteroatoms. The molecule has 1 saturated carbocycles. The van der Waals surface area contributed by atoms with Gasteiger partial charge in [0, 0.05) is 23.7 Å². The van der Waals surface area contributed by atoms with E-state index < -0.39 is 28.5 Å². The van der Waals surface area contributed by atoms with E-state index in [9.17, 15) is 18.0 Å². The fourth-order valence-corrected chi connectivity index (χ4v) is 5.60. The van der Waals surface area contributed by atoms with Gasteiger partial charge >= 0.3 is 0 Å². The SMILES string of the molecule is CC[C@@H](C(=O)NC1CCCCC1)N(Cc1ccc(Cl)cc1)C(=O)CN(c1cccc(OC)c1)S(C)(=O)=O. The van der Waals surface area contributed by atoms with E-state index in [1.807, 2.05) is 6.92 Å². The van der Waals surface area contributed by atoms with Gasteiger partial charge < -0.3 is 15.0 Å². The van der Waals surface area contributed by atoms with Gasteiger partial charge in [0.2, 0.25) is 21.8 Å². The molecule has 1 atom stereocenters. The first kappa shape index (κ1) is 28.8. The Morgan fingerprint density at radius 1 is 1.11 bits per heavy atom. The Balaban J connectivity index is 1.91. The molecule has 0 aromatic heterocycles. The maximum Gasteiger partial charge on any atom is 0.244 e. The van der Waals surface area contributed by atoms with Crippen molar-refractivity contribution in [2.24, 2.45) is 0 Å². The van der Waals surface area contributed by atoms with Gasteiger partial charge in [-0.3, -0.25) is 13.9 Å². The fourth-order valence-electron chi connectivity index (χ4n) is 4.63. The van der Waals surface area contributed by atoms with Crippen molar-refractivity contribution in [2.75, 3.05) is 24.2 Å². The lowest BCUT2D eigenvalue weighted by molar-refractivity contribution is -0.140. The Morgan fingerprint density at radius 3 is 2.38 bits per heavy atom.